The number of rotatable bonds is 6. The van der Waals surface area contributed by atoms with Crippen molar-refractivity contribution in [3.05, 3.63) is 96.6 Å². The van der Waals surface area contributed by atoms with Gasteiger partial charge in [-0.1, -0.05) is 42.5 Å². The molecule has 0 atom stereocenters. The molecule has 4 rings (SSSR count). The SMILES string of the molecule is COc1ccc(NC(=O)c2ccccc2N(C)S(=O)(=O)c2ccc3ccccc3c2)cc1. The molecule has 0 aliphatic carbocycles. The quantitative estimate of drug-likeness (QED) is 0.456. The molecular weight excluding hydrogens is 424 g/mol. The lowest BCUT2D eigenvalue weighted by atomic mass is 10.1. The van der Waals surface area contributed by atoms with Crippen molar-refractivity contribution in [1.82, 2.24) is 0 Å². The fraction of sp³-hybridized carbons (Fsp3) is 0.0800. The Morgan fingerprint density at radius 1 is 0.844 bits per heavy atom. The minimum atomic E-state index is -3.88. The van der Waals surface area contributed by atoms with Crippen LogP contribution in [-0.4, -0.2) is 28.5 Å². The van der Waals surface area contributed by atoms with E-state index in [0.29, 0.717) is 11.4 Å². The van der Waals surface area contributed by atoms with E-state index in [1.165, 1.54) is 7.05 Å². The van der Waals surface area contributed by atoms with Crippen molar-refractivity contribution in [2.45, 2.75) is 4.90 Å². The smallest absolute Gasteiger partial charge is 0.264 e. The summed E-state index contributed by atoms with van der Waals surface area (Å²) < 4.78 is 33.0. The molecular formula is C25H22N2O4S. The van der Waals surface area contributed by atoms with Crippen LogP contribution in [0.5, 0.6) is 5.75 Å². The van der Waals surface area contributed by atoms with Crippen LogP contribution in [0.25, 0.3) is 10.8 Å². The highest BCUT2D eigenvalue weighted by Gasteiger charge is 2.25. The van der Waals surface area contributed by atoms with Gasteiger partial charge in [-0.05, 0) is 59.3 Å². The molecule has 0 spiro atoms. The van der Waals surface area contributed by atoms with Gasteiger partial charge >= 0.3 is 0 Å². The van der Waals surface area contributed by atoms with E-state index in [0.717, 1.165) is 15.1 Å². The number of hydrogen-bond donors (Lipinski definition) is 1. The molecule has 1 amide bonds. The van der Waals surface area contributed by atoms with E-state index < -0.39 is 15.9 Å². The van der Waals surface area contributed by atoms with Crippen molar-refractivity contribution in [3.8, 4) is 5.75 Å². The Balaban J connectivity index is 1.66. The zero-order chi connectivity index (χ0) is 22.7. The average Bonchev–Trinajstić information content (AvgIpc) is 2.83. The number of carbonyl (C=O) groups is 1. The number of nitrogens with zero attached hydrogens (tertiary/aromatic N) is 1. The summed E-state index contributed by atoms with van der Waals surface area (Å²) in [6.07, 6.45) is 0. The Morgan fingerprint density at radius 3 is 2.22 bits per heavy atom. The third-order valence-electron chi connectivity index (χ3n) is 5.22. The monoisotopic (exact) mass is 446 g/mol. The number of fused-ring (bicyclic) bond motifs is 1. The van der Waals surface area contributed by atoms with E-state index in [1.54, 1.807) is 73.8 Å². The van der Waals surface area contributed by atoms with Crippen LogP contribution < -0.4 is 14.4 Å². The largest absolute Gasteiger partial charge is 0.497 e. The predicted octanol–water partition coefficient (Wildman–Crippen LogP) is 4.93. The van der Waals surface area contributed by atoms with E-state index in [1.807, 2.05) is 24.3 Å². The Kier molecular flexibility index (Phi) is 5.83. The molecule has 4 aromatic rings. The number of carbonyl (C=O) groups excluding carboxylic acids is 1. The van der Waals surface area contributed by atoms with Crippen molar-refractivity contribution >= 4 is 38.1 Å². The lowest BCUT2D eigenvalue weighted by molar-refractivity contribution is 0.102. The number of amides is 1. The molecule has 7 heteroatoms. The predicted molar refractivity (Wildman–Crippen MR) is 127 cm³/mol. The first-order valence-corrected chi connectivity index (χ1v) is 11.4. The number of ether oxygens (including phenoxy) is 1. The van der Waals surface area contributed by atoms with Crippen LogP contribution in [0.2, 0.25) is 0 Å². The second-order valence-corrected chi connectivity index (χ2v) is 9.15. The number of methoxy groups -OCH3 is 1. The van der Waals surface area contributed by atoms with Crippen molar-refractivity contribution in [1.29, 1.82) is 0 Å². The van der Waals surface area contributed by atoms with Crippen molar-refractivity contribution < 1.29 is 17.9 Å². The van der Waals surface area contributed by atoms with Crippen LogP contribution in [0.3, 0.4) is 0 Å². The van der Waals surface area contributed by atoms with Crippen LogP contribution in [0.1, 0.15) is 10.4 Å². The van der Waals surface area contributed by atoms with Crippen LogP contribution in [0.4, 0.5) is 11.4 Å². The van der Waals surface area contributed by atoms with E-state index in [4.69, 9.17) is 4.74 Å². The molecule has 6 nitrogen and oxygen atoms in total. The van der Waals surface area contributed by atoms with Gasteiger partial charge in [0.2, 0.25) is 0 Å². The first-order valence-electron chi connectivity index (χ1n) is 9.92. The first-order chi connectivity index (χ1) is 15.4. The summed E-state index contributed by atoms with van der Waals surface area (Å²) in [6, 6.07) is 26.1. The third-order valence-corrected chi connectivity index (χ3v) is 6.98. The Labute approximate surface area is 187 Å². The first kappa shape index (κ1) is 21.4. The average molecular weight is 447 g/mol. The normalized spacial score (nSPS) is 11.2. The van der Waals surface area contributed by atoms with Gasteiger partial charge in [0.25, 0.3) is 15.9 Å². The molecule has 0 unspecified atom stereocenters. The highest BCUT2D eigenvalue weighted by Crippen LogP contribution is 2.28. The van der Waals surface area contributed by atoms with Crippen molar-refractivity contribution in [2.24, 2.45) is 0 Å². The molecule has 0 fully saturated rings. The van der Waals surface area contributed by atoms with Crippen molar-refractivity contribution in [2.75, 3.05) is 23.8 Å². The van der Waals surface area contributed by atoms with E-state index in [2.05, 4.69) is 5.32 Å². The molecule has 0 aliphatic rings. The molecule has 0 heterocycles. The van der Waals surface area contributed by atoms with Crippen LogP contribution in [0.15, 0.2) is 95.9 Å². The maximum Gasteiger partial charge on any atom is 0.264 e. The standard InChI is InChI=1S/C25H22N2O4S/c1-27(32(29,30)22-16-11-18-7-3-4-8-19(18)17-22)24-10-6-5-9-23(24)25(28)26-20-12-14-21(31-2)15-13-20/h3-17H,1-2H3,(H,26,28). The van der Waals surface area contributed by atoms with Gasteiger partial charge in [0.05, 0.1) is 23.3 Å². The molecule has 162 valence electrons. The highest BCUT2D eigenvalue weighted by atomic mass is 32.2. The molecule has 0 aromatic heterocycles. The number of sulfonamides is 1. The van der Waals surface area contributed by atoms with Gasteiger partial charge in [-0.3, -0.25) is 9.10 Å². The summed E-state index contributed by atoms with van der Waals surface area (Å²) in [5, 5.41) is 4.58. The van der Waals surface area contributed by atoms with Gasteiger partial charge in [-0.2, -0.15) is 0 Å². The molecule has 0 saturated heterocycles. The molecule has 0 saturated carbocycles. The van der Waals surface area contributed by atoms with E-state index in [-0.39, 0.29) is 16.1 Å². The second-order valence-electron chi connectivity index (χ2n) is 7.18. The Morgan fingerprint density at radius 2 is 1.50 bits per heavy atom. The van der Waals surface area contributed by atoms with Gasteiger partial charge in [-0.15, -0.1) is 0 Å². The lowest BCUT2D eigenvalue weighted by Gasteiger charge is -2.22. The summed E-state index contributed by atoms with van der Waals surface area (Å²) in [6.45, 7) is 0. The lowest BCUT2D eigenvalue weighted by Crippen LogP contribution is -2.29. The molecule has 1 N–H and O–H groups in total. The molecule has 4 aromatic carbocycles. The summed E-state index contributed by atoms with van der Waals surface area (Å²) in [5.41, 5.74) is 1.10. The zero-order valence-electron chi connectivity index (χ0n) is 17.6. The summed E-state index contributed by atoms with van der Waals surface area (Å²) in [5.74, 6) is 0.260. The van der Waals surface area contributed by atoms with Gasteiger partial charge in [0.15, 0.2) is 0 Å². The number of nitrogens with one attached hydrogen (secondary N) is 1. The molecule has 0 aliphatic heterocycles. The maximum atomic E-state index is 13.4. The van der Waals surface area contributed by atoms with Crippen LogP contribution in [-0.2, 0) is 10.0 Å². The number of benzene rings is 4. The maximum absolute atomic E-state index is 13.4. The second kappa shape index (κ2) is 8.72. The number of hydrogen-bond acceptors (Lipinski definition) is 4. The fourth-order valence-electron chi connectivity index (χ4n) is 3.43. The molecule has 0 radical (unpaired) electrons. The zero-order valence-corrected chi connectivity index (χ0v) is 18.5. The van der Waals surface area contributed by atoms with Crippen LogP contribution in [0, 0.1) is 0 Å². The van der Waals surface area contributed by atoms with Crippen molar-refractivity contribution in [3.63, 3.8) is 0 Å². The van der Waals surface area contributed by atoms with E-state index >= 15 is 0 Å². The molecule has 0 bridgehead atoms. The van der Waals surface area contributed by atoms with Gasteiger partial charge < -0.3 is 10.1 Å². The topological polar surface area (TPSA) is 75.7 Å². The summed E-state index contributed by atoms with van der Waals surface area (Å²) >= 11 is 0. The minimum absolute atomic E-state index is 0.157. The number of para-hydroxylation sites is 1. The van der Waals surface area contributed by atoms with Gasteiger partial charge in [0.1, 0.15) is 5.75 Å². The Hall–Kier alpha value is -3.84. The summed E-state index contributed by atoms with van der Waals surface area (Å²) in [4.78, 5) is 13.1. The Bertz CT molecular complexity index is 1380. The summed E-state index contributed by atoms with van der Waals surface area (Å²) in [7, 11) is -0.871. The highest BCUT2D eigenvalue weighted by molar-refractivity contribution is 7.92. The fourth-order valence-corrected chi connectivity index (χ4v) is 4.68. The number of anilines is 2. The van der Waals surface area contributed by atoms with Gasteiger partial charge in [-0.25, -0.2) is 8.42 Å². The van der Waals surface area contributed by atoms with E-state index in [9.17, 15) is 13.2 Å². The molecule has 32 heavy (non-hydrogen) atoms. The minimum Gasteiger partial charge on any atom is -0.497 e. The van der Waals surface area contributed by atoms with Gasteiger partial charge in [0, 0.05) is 12.7 Å². The third kappa shape index (κ3) is 4.15. The van der Waals surface area contributed by atoms with Crippen LogP contribution >= 0.6 is 0 Å².